The van der Waals surface area contributed by atoms with Gasteiger partial charge in [0.05, 0.1) is 21.7 Å². The van der Waals surface area contributed by atoms with E-state index in [-0.39, 0.29) is 0 Å². The second kappa shape index (κ2) is 5.60. The molecule has 0 amide bonds. The van der Waals surface area contributed by atoms with E-state index in [1.807, 2.05) is 42.5 Å². The van der Waals surface area contributed by atoms with E-state index >= 15 is 0 Å². The molecule has 126 valence electrons. The highest BCUT2D eigenvalue weighted by atomic mass is 35.5. The number of fused-ring (bicyclic) bond motifs is 2. The number of rotatable bonds is 2. The SMILES string of the molecule is Cc1nnc(-c2nn(-c3ccccc3Cl)c3nc4ccccc4nc23)o1. The lowest BCUT2D eigenvalue weighted by Gasteiger charge is -2.05. The van der Waals surface area contributed by atoms with Gasteiger partial charge in [-0.25, -0.2) is 14.6 Å². The third-order valence-electron chi connectivity index (χ3n) is 3.99. The van der Waals surface area contributed by atoms with E-state index in [9.17, 15) is 0 Å². The summed E-state index contributed by atoms with van der Waals surface area (Å²) in [6.07, 6.45) is 0. The predicted molar refractivity (Wildman–Crippen MR) is 97.2 cm³/mol. The molecule has 3 heterocycles. The first-order valence-corrected chi connectivity index (χ1v) is 8.29. The second-order valence-electron chi connectivity index (χ2n) is 5.72. The van der Waals surface area contributed by atoms with Gasteiger partial charge in [0.2, 0.25) is 5.89 Å². The fourth-order valence-corrected chi connectivity index (χ4v) is 3.04. The van der Waals surface area contributed by atoms with Crippen molar-refractivity contribution in [3.8, 4) is 17.3 Å². The highest BCUT2D eigenvalue weighted by Crippen LogP contribution is 2.30. The molecule has 0 atom stereocenters. The molecule has 8 heteroatoms. The third-order valence-corrected chi connectivity index (χ3v) is 4.31. The van der Waals surface area contributed by atoms with Crippen molar-refractivity contribution in [3.05, 3.63) is 59.4 Å². The molecular formula is C18H11ClN6O. The molecule has 0 bridgehead atoms. The third kappa shape index (κ3) is 2.25. The van der Waals surface area contributed by atoms with Crippen LogP contribution in [0.3, 0.4) is 0 Å². The van der Waals surface area contributed by atoms with Crippen LogP contribution >= 0.6 is 11.6 Å². The zero-order chi connectivity index (χ0) is 17.7. The lowest BCUT2D eigenvalue weighted by Crippen LogP contribution is -1.99. The Kier molecular flexibility index (Phi) is 3.23. The molecule has 0 spiro atoms. The first-order chi connectivity index (χ1) is 12.7. The molecule has 0 saturated carbocycles. The van der Waals surface area contributed by atoms with E-state index in [1.165, 1.54) is 0 Å². The topological polar surface area (TPSA) is 82.5 Å². The molecule has 3 aromatic heterocycles. The summed E-state index contributed by atoms with van der Waals surface area (Å²) in [5.41, 5.74) is 3.84. The monoisotopic (exact) mass is 362 g/mol. The van der Waals surface area contributed by atoms with Gasteiger partial charge in [0.25, 0.3) is 5.89 Å². The van der Waals surface area contributed by atoms with E-state index in [4.69, 9.17) is 26.0 Å². The highest BCUT2D eigenvalue weighted by Gasteiger charge is 2.22. The number of para-hydroxylation sites is 3. The fourth-order valence-electron chi connectivity index (χ4n) is 2.82. The van der Waals surface area contributed by atoms with E-state index in [2.05, 4.69) is 15.3 Å². The van der Waals surface area contributed by atoms with Gasteiger partial charge in [-0.3, -0.25) is 0 Å². The van der Waals surface area contributed by atoms with Crippen LogP contribution in [0.2, 0.25) is 5.02 Å². The smallest absolute Gasteiger partial charge is 0.270 e. The van der Waals surface area contributed by atoms with Crippen LogP contribution in [0.4, 0.5) is 0 Å². The van der Waals surface area contributed by atoms with Crippen LogP contribution in [0.5, 0.6) is 0 Å². The van der Waals surface area contributed by atoms with E-state index in [0.717, 1.165) is 11.0 Å². The number of aryl methyl sites for hydroxylation is 1. The summed E-state index contributed by atoms with van der Waals surface area (Å²) in [5, 5.41) is 13.2. The average molecular weight is 363 g/mol. The van der Waals surface area contributed by atoms with Crippen LogP contribution in [0, 0.1) is 6.92 Å². The Balaban J connectivity index is 1.90. The highest BCUT2D eigenvalue weighted by molar-refractivity contribution is 6.32. The first-order valence-electron chi connectivity index (χ1n) is 7.91. The molecule has 0 aliphatic heterocycles. The minimum absolute atomic E-state index is 0.294. The maximum Gasteiger partial charge on any atom is 0.270 e. The molecule has 0 saturated heterocycles. The van der Waals surface area contributed by atoms with E-state index in [0.29, 0.717) is 39.3 Å². The van der Waals surface area contributed by atoms with Crippen molar-refractivity contribution in [1.82, 2.24) is 29.9 Å². The van der Waals surface area contributed by atoms with Crippen molar-refractivity contribution >= 4 is 33.8 Å². The summed E-state index contributed by atoms with van der Waals surface area (Å²) in [7, 11) is 0. The maximum atomic E-state index is 6.38. The minimum Gasteiger partial charge on any atom is -0.419 e. The second-order valence-corrected chi connectivity index (χ2v) is 6.13. The van der Waals surface area contributed by atoms with Crippen LogP contribution in [0.1, 0.15) is 5.89 Å². The van der Waals surface area contributed by atoms with Crippen LogP contribution < -0.4 is 0 Å². The largest absolute Gasteiger partial charge is 0.419 e. The number of hydrogen-bond donors (Lipinski definition) is 0. The zero-order valence-electron chi connectivity index (χ0n) is 13.6. The van der Waals surface area contributed by atoms with Crippen molar-refractivity contribution in [2.24, 2.45) is 0 Å². The quantitative estimate of drug-likeness (QED) is 0.472. The number of benzene rings is 2. The number of halogens is 1. The van der Waals surface area contributed by atoms with Gasteiger partial charge in [0.15, 0.2) is 11.3 Å². The molecule has 7 nitrogen and oxygen atoms in total. The van der Waals surface area contributed by atoms with Gasteiger partial charge in [-0.05, 0) is 24.3 Å². The molecule has 0 aliphatic rings. The van der Waals surface area contributed by atoms with Gasteiger partial charge in [0.1, 0.15) is 5.52 Å². The van der Waals surface area contributed by atoms with Gasteiger partial charge in [-0.2, -0.15) is 5.10 Å². The Morgan fingerprint density at radius 1 is 0.923 bits per heavy atom. The Bertz CT molecular complexity index is 1280. The van der Waals surface area contributed by atoms with Crippen molar-refractivity contribution in [1.29, 1.82) is 0 Å². The maximum absolute atomic E-state index is 6.38. The van der Waals surface area contributed by atoms with Crippen molar-refractivity contribution < 1.29 is 4.42 Å². The zero-order valence-corrected chi connectivity index (χ0v) is 14.3. The lowest BCUT2D eigenvalue weighted by atomic mass is 10.3. The Labute approximate surface area is 152 Å². The van der Waals surface area contributed by atoms with Crippen molar-refractivity contribution in [3.63, 3.8) is 0 Å². The standard InChI is InChI=1S/C18H11ClN6O/c1-10-22-23-18(26-10)16-15-17(21-13-8-4-3-7-12(13)20-15)25(24-16)14-9-5-2-6-11(14)19/h2-9H,1H3. The van der Waals surface area contributed by atoms with Gasteiger partial charge in [-0.1, -0.05) is 35.9 Å². The summed E-state index contributed by atoms with van der Waals surface area (Å²) in [6, 6.07) is 15.1. The Morgan fingerprint density at radius 3 is 2.38 bits per heavy atom. The normalized spacial score (nSPS) is 11.5. The van der Waals surface area contributed by atoms with Crippen molar-refractivity contribution in [2.75, 3.05) is 0 Å². The Morgan fingerprint density at radius 2 is 1.65 bits per heavy atom. The van der Waals surface area contributed by atoms with Crippen LogP contribution in [-0.2, 0) is 0 Å². The van der Waals surface area contributed by atoms with Gasteiger partial charge >= 0.3 is 0 Å². The summed E-state index contributed by atoms with van der Waals surface area (Å²) >= 11 is 6.38. The predicted octanol–water partition coefficient (Wildman–Crippen LogP) is 3.98. The first kappa shape index (κ1) is 15.0. The van der Waals surface area contributed by atoms with Crippen LogP contribution in [0.25, 0.3) is 39.5 Å². The summed E-state index contributed by atoms with van der Waals surface area (Å²) in [5.74, 6) is 0.747. The fraction of sp³-hybridized carbons (Fsp3) is 0.0556. The Hall–Kier alpha value is -3.32. The van der Waals surface area contributed by atoms with Gasteiger partial charge in [0, 0.05) is 6.92 Å². The molecule has 2 aromatic carbocycles. The summed E-state index contributed by atoms with van der Waals surface area (Å²) in [4.78, 5) is 9.46. The van der Waals surface area contributed by atoms with Crippen LogP contribution in [-0.4, -0.2) is 29.9 Å². The van der Waals surface area contributed by atoms with Crippen LogP contribution in [0.15, 0.2) is 52.9 Å². The molecule has 5 aromatic rings. The van der Waals surface area contributed by atoms with E-state index in [1.54, 1.807) is 17.7 Å². The van der Waals surface area contributed by atoms with Gasteiger partial charge in [-0.15, -0.1) is 10.2 Å². The number of aromatic nitrogens is 6. The molecule has 0 fully saturated rings. The lowest BCUT2D eigenvalue weighted by molar-refractivity contribution is 0.530. The number of hydrogen-bond acceptors (Lipinski definition) is 6. The summed E-state index contributed by atoms with van der Waals surface area (Å²) in [6.45, 7) is 1.73. The number of nitrogens with zero attached hydrogens (tertiary/aromatic N) is 6. The van der Waals surface area contributed by atoms with Crippen molar-refractivity contribution in [2.45, 2.75) is 6.92 Å². The summed E-state index contributed by atoms with van der Waals surface area (Å²) < 4.78 is 7.23. The molecule has 26 heavy (non-hydrogen) atoms. The molecular weight excluding hydrogens is 352 g/mol. The minimum atomic E-state index is 0.294. The average Bonchev–Trinajstić information content (AvgIpc) is 3.24. The molecule has 0 unspecified atom stereocenters. The van der Waals surface area contributed by atoms with Gasteiger partial charge < -0.3 is 4.42 Å². The van der Waals surface area contributed by atoms with E-state index < -0.39 is 0 Å². The molecule has 0 aliphatic carbocycles. The molecule has 0 N–H and O–H groups in total. The molecule has 0 radical (unpaired) electrons. The molecule has 5 rings (SSSR count).